The van der Waals surface area contributed by atoms with E-state index in [2.05, 4.69) is 5.92 Å². The van der Waals surface area contributed by atoms with Crippen molar-refractivity contribution in [1.29, 1.82) is 0 Å². The van der Waals surface area contributed by atoms with Crippen molar-refractivity contribution >= 4 is 0 Å². The molecular formula is C12H14O3. The summed E-state index contributed by atoms with van der Waals surface area (Å²) in [7, 11) is 0. The zero-order chi connectivity index (χ0) is 11.3. The Bertz CT molecular complexity index is 366. The summed E-state index contributed by atoms with van der Waals surface area (Å²) < 4.78 is 5.19. The van der Waals surface area contributed by atoms with Crippen LogP contribution in [-0.4, -0.2) is 16.8 Å². The summed E-state index contributed by atoms with van der Waals surface area (Å²) >= 11 is 0. The quantitative estimate of drug-likeness (QED) is 0.739. The lowest BCUT2D eigenvalue weighted by Crippen LogP contribution is -1.98. The molecule has 0 saturated heterocycles. The van der Waals surface area contributed by atoms with Crippen LogP contribution in [0.25, 0.3) is 0 Å². The van der Waals surface area contributed by atoms with Crippen molar-refractivity contribution in [3.63, 3.8) is 0 Å². The van der Waals surface area contributed by atoms with Crippen LogP contribution in [0.15, 0.2) is 18.2 Å². The summed E-state index contributed by atoms with van der Waals surface area (Å²) in [6.07, 6.45) is 4.64. The summed E-state index contributed by atoms with van der Waals surface area (Å²) in [6, 6.07) is 4.71. The lowest BCUT2D eigenvalue weighted by atomic mass is 10.1. The van der Waals surface area contributed by atoms with Gasteiger partial charge in [0.2, 0.25) is 0 Å². The molecule has 3 nitrogen and oxygen atoms in total. The molecule has 1 aromatic rings. The highest BCUT2D eigenvalue weighted by Crippen LogP contribution is 2.30. The Morgan fingerprint density at radius 2 is 2.27 bits per heavy atom. The molecule has 0 heterocycles. The van der Waals surface area contributed by atoms with E-state index in [1.165, 1.54) is 6.07 Å². The number of aliphatic hydroxyl groups excluding tert-OH is 1. The fourth-order valence-electron chi connectivity index (χ4n) is 1.24. The normalized spacial score (nSPS) is 11.8. The second kappa shape index (κ2) is 5.28. The van der Waals surface area contributed by atoms with Crippen LogP contribution in [-0.2, 0) is 0 Å². The van der Waals surface area contributed by atoms with Crippen LogP contribution in [0, 0.1) is 12.3 Å². The number of phenols is 1. The van der Waals surface area contributed by atoms with Crippen molar-refractivity contribution in [3.8, 4) is 23.8 Å². The van der Waals surface area contributed by atoms with Crippen LogP contribution in [0.5, 0.6) is 11.5 Å². The molecule has 1 rings (SSSR count). The Labute approximate surface area is 89.3 Å². The SMILES string of the molecule is C#CCC(O)c1ccc(O)c(OCC)c1. The third-order valence-electron chi connectivity index (χ3n) is 1.98. The maximum atomic E-state index is 9.62. The number of benzene rings is 1. The minimum absolute atomic E-state index is 0.0634. The molecule has 2 N–H and O–H groups in total. The molecule has 1 atom stereocenters. The van der Waals surface area contributed by atoms with E-state index in [4.69, 9.17) is 11.2 Å². The average Bonchev–Trinajstić information content (AvgIpc) is 2.22. The second-order valence-electron chi connectivity index (χ2n) is 3.08. The van der Waals surface area contributed by atoms with Gasteiger partial charge >= 0.3 is 0 Å². The van der Waals surface area contributed by atoms with Crippen LogP contribution >= 0.6 is 0 Å². The van der Waals surface area contributed by atoms with Gasteiger partial charge in [0.05, 0.1) is 12.7 Å². The first-order valence-electron chi connectivity index (χ1n) is 4.76. The summed E-state index contributed by atoms with van der Waals surface area (Å²) in [5, 5.41) is 19.1. The van der Waals surface area contributed by atoms with Gasteiger partial charge < -0.3 is 14.9 Å². The fraction of sp³-hybridized carbons (Fsp3) is 0.333. The first kappa shape index (κ1) is 11.4. The van der Waals surface area contributed by atoms with Gasteiger partial charge in [-0.3, -0.25) is 0 Å². The smallest absolute Gasteiger partial charge is 0.161 e. The van der Waals surface area contributed by atoms with E-state index in [9.17, 15) is 10.2 Å². The molecule has 0 radical (unpaired) electrons. The Morgan fingerprint density at radius 1 is 1.53 bits per heavy atom. The van der Waals surface area contributed by atoms with Crippen molar-refractivity contribution < 1.29 is 14.9 Å². The van der Waals surface area contributed by atoms with Gasteiger partial charge in [0.25, 0.3) is 0 Å². The summed E-state index contributed by atoms with van der Waals surface area (Å²) in [5.41, 5.74) is 0.647. The Kier molecular flexibility index (Phi) is 4.02. The van der Waals surface area contributed by atoms with Gasteiger partial charge in [-0.05, 0) is 24.6 Å². The van der Waals surface area contributed by atoms with E-state index in [1.807, 2.05) is 6.92 Å². The Morgan fingerprint density at radius 3 is 2.87 bits per heavy atom. The van der Waals surface area contributed by atoms with Gasteiger partial charge in [-0.25, -0.2) is 0 Å². The van der Waals surface area contributed by atoms with E-state index in [0.717, 1.165) is 0 Å². The van der Waals surface area contributed by atoms with Crippen molar-refractivity contribution in [2.75, 3.05) is 6.61 Å². The zero-order valence-corrected chi connectivity index (χ0v) is 8.60. The minimum Gasteiger partial charge on any atom is -0.504 e. The van der Waals surface area contributed by atoms with E-state index < -0.39 is 6.10 Å². The highest BCUT2D eigenvalue weighted by Gasteiger charge is 2.09. The van der Waals surface area contributed by atoms with E-state index in [1.54, 1.807) is 12.1 Å². The van der Waals surface area contributed by atoms with Gasteiger partial charge in [0.15, 0.2) is 11.5 Å². The molecule has 1 unspecified atom stereocenters. The van der Waals surface area contributed by atoms with Crippen molar-refractivity contribution in [1.82, 2.24) is 0 Å². The van der Waals surface area contributed by atoms with Gasteiger partial charge in [0, 0.05) is 6.42 Å². The minimum atomic E-state index is -0.713. The summed E-state index contributed by atoms with van der Waals surface area (Å²) in [4.78, 5) is 0. The Hall–Kier alpha value is -1.66. The van der Waals surface area contributed by atoms with Crippen LogP contribution in [0.2, 0.25) is 0 Å². The lowest BCUT2D eigenvalue weighted by Gasteiger charge is -2.11. The Balaban J connectivity index is 2.92. The molecule has 1 aromatic carbocycles. The fourth-order valence-corrected chi connectivity index (χ4v) is 1.24. The number of terminal acetylenes is 1. The third kappa shape index (κ3) is 2.90. The molecule has 0 amide bonds. The van der Waals surface area contributed by atoms with Crippen LogP contribution in [0.4, 0.5) is 0 Å². The van der Waals surface area contributed by atoms with Crippen molar-refractivity contribution in [2.45, 2.75) is 19.4 Å². The average molecular weight is 206 g/mol. The van der Waals surface area contributed by atoms with E-state index in [-0.39, 0.29) is 12.2 Å². The molecule has 0 aliphatic rings. The van der Waals surface area contributed by atoms with E-state index >= 15 is 0 Å². The van der Waals surface area contributed by atoms with Gasteiger partial charge in [-0.15, -0.1) is 12.3 Å². The molecule has 0 bridgehead atoms. The monoisotopic (exact) mass is 206 g/mol. The first-order chi connectivity index (χ1) is 7.19. The molecule has 0 spiro atoms. The maximum Gasteiger partial charge on any atom is 0.161 e. The topological polar surface area (TPSA) is 49.7 Å². The summed E-state index contributed by atoms with van der Waals surface area (Å²) in [5.74, 6) is 2.81. The predicted octanol–water partition coefficient (Wildman–Crippen LogP) is 1.85. The van der Waals surface area contributed by atoms with Crippen LogP contribution < -0.4 is 4.74 Å². The van der Waals surface area contributed by atoms with Gasteiger partial charge in [0.1, 0.15) is 0 Å². The zero-order valence-electron chi connectivity index (χ0n) is 8.60. The summed E-state index contributed by atoms with van der Waals surface area (Å²) in [6.45, 7) is 2.28. The van der Waals surface area contributed by atoms with Crippen molar-refractivity contribution in [2.24, 2.45) is 0 Å². The maximum absolute atomic E-state index is 9.62. The molecule has 0 aliphatic heterocycles. The number of ether oxygens (including phenoxy) is 1. The predicted molar refractivity (Wildman–Crippen MR) is 57.7 cm³/mol. The van der Waals surface area contributed by atoms with Crippen molar-refractivity contribution in [3.05, 3.63) is 23.8 Å². The second-order valence-corrected chi connectivity index (χ2v) is 3.08. The number of rotatable bonds is 4. The molecule has 15 heavy (non-hydrogen) atoms. The molecule has 3 heteroatoms. The number of phenolic OH excluding ortho intramolecular Hbond substituents is 1. The van der Waals surface area contributed by atoms with Gasteiger partial charge in [-0.1, -0.05) is 6.07 Å². The molecule has 80 valence electrons. The molecule has 0 saturated carbocycles. The van der Waals surface area contributed by atoms with Gasteiger partial charge in [-0.2, -0.15) is 0 Å². The standard InChI is InChI=1S/C12H14O3/c1-3-5-10(13)9-6-7-11(14)12(8-9)15-4-2/h1,6-8,10,13-14H,4-5H2,2H3. The molecule has 0 aromatic heterocycles. The number of hydrogen-bond acceptors (Lipinski definition) is 3. The molecule has 0 aliphatic carbocycles. The molecular weight excluding hydrogens is 192 g/mol. The number of aromatic hydroxyl groups is 1. The largest absolute Gasteiger partial charge is 0.504 e. The van der Waals surface area contributed by atoms with E-state index in [0.29, 0.717) is 17.9 Å². The first-order valence-corrected chi connectivity index (χ1v) is 4.76. The molecule has 0 fully saturated rings. The number of hydrogen-bond donors (Lipinski definition) is 2. The highest BCUT2D eigenvalue weighted by molar-refractivity contribution is 5.42. The highest BCUT2D eigenvalue weighted by atomic mass is 16.5. The van der Waals surface area contributed by atoms with Crippen LogP contribution in [0.1, 0.15) is 25.0 Å². The third-order valence-corrected chi connectivity index (χ3v) is 1.98. The van der Waals surface area contributed by atoms with Crippen LogP contribution in [0.3, 0.4) is 0 Å². The lowest BCUT2D eigenvalue weighted by molar-refractivity contribution is 0.183. The number of aliphatic hydroxyl groups is 1.